The first-order valence-electron chi connectivity index (χ1n) is 5.78. The fourth-order valence-electron chi connectivity index (χ4n) is 1.67. The van der Waals surface area contributed by atoms with Crippen molar-refractivity contribution in [3.63, 3.8) is 0 Å². The minimum absolute atomic E-state index is 0.115. The van der Waals surface area contributed by atoms with E-state index in [2.05, 4.69) is 22.4 Å². The highest BCUT2D eigenvalue weighted by molar-refractivity contribution is 5.54. The average Bonchev–Trinajstić information content (AvgIpc) is 2.90. The fourth-order valence-corrected chi connectivity index (χ4v) is 1.67. The van der Waals surface area contributed by atoms with Crippen molar-refractivity contribution in [1.82, 2.24) is 15.5 Å². The molecule has 2 rings (SSSR count). The lowest BCUT2D eigenvalue weighted by molar-refractivity contribution is 0.212. The summed E-state index contributed by atoms with van der Waals surface area (Å²) in [5.41, 5.74) is 1.97. The summed E-state index contributed by atoms with van der Waals surface area (Å²) in [5.74, 6) is 0.501. The first-order chi connectivity index (χ1) is 8.66. The second-order valence-electron chi connectivity index (χ2n) is 4.16. The van der Waals surface area contributed by atoms with Gasteiger partial charge in [-0.3, -0.25) is 0 Å². The maximum atomic E-state index is 9.15. The van der Waals surface area contributed by atoms with E-state index in [9.17, 15) is 0 Å². The first kappa shape index (κ1) is 12.7. The van der Waals surface area contributed by atoms with Crippen LogP contribution in [0.1, 0.15) is 18.5 Å². The Morgan fingerprint density at radius 3 is 3.00 bits per heavy atom. The van der Waals surface area contributed by atoms with E-state index in [0.29, 0.717) is 12.4 Å². The number of hydrogen-bond donors (Lipinski definition) is 2. The second kappa shape index (κ2) is 5.75. The van der Waals surface area contributed by atoms with Crippen LogP contribution >= 0.6 is 0 Å². The lowest BCUT2D eigenvalue weighted by Crippen LogP contribution is -2.27. The molecule has 0 aliphatic heterocycles. The Morgan fingerprint density at radius 2 is 2.33 bits per heavy atom. The van der Waals surface area contributed by atoms with E-state index < -0.39 is 6.10 Å². The van der Waals surface area contributed by atoms with Crippen molar-refractivity contribution >= 4 is 0 Å². The van der Waals surface area contributed by atoms with E-state index in [0.717, 1.165) is 11.1 Å². The molecule has 0 aliphatic rings. The number of rotatable bonds is 5. The maximum absolute atomic E-state index is 9.15. The Hall–Kier alpha value is -1.72. The highest BCUT2D eigenvalue weighted by Gasteiger charge is 2.09. The van der Waals surface area contributed by atoms with E-state index in [-0.39, 0.29) is 6.04 Å². The summed E-state index contributed by atoms with van der Waals surface area (Å²) in [7, 11) is 0. The normalized spacial score (nSPS) is 14.4. The van der Waals surface area contributed by atoms with Crippen LogP contribution < -0.4 is 5.32 Å². The molecule has 2 aromatic rings. The predicted molar refractivity (Wildman–Crippen MR) is 67.5 cm³/mol. The van der Waals surface area contributed by atoms with Gasteiger partial charge in [-0.25, -0.2) is 0 Å². The van der Waals surface area contributed by atoms with Crippen molar-refractivity contribution in [1.29, 1.82) is 0 Å². The Bertz CT molecular complexity index is 483. The number of benzene rings is 1. The van der Waals surface area contributed by atoms with E-state index in [1.807, 2.05) is 31.2 Å². The molecular weight excluding hydrogens is 230 g/mol. The molecule has 0 saturated carbocycles. The summed E-state index contributed by atoms with van der Waals surface area (Å²) in [6, 6.07) is 7.96. The van der Waals surface area contributed by atoms with Gasteiger partial charge >= 0.3 is 0 Å². The monoisotopic (exact) mass is 246 g/mol. The third-order valence-corrected chi connectivity index (χ3v) is 2.65. The third-order valence-electron chi connectivity index (χ3n) is 2.65. The van der Waals surface area contributed by atoms with Crippen LogP contribution in [0.25, 0.3) is 11.5 Å². The summed E-state index contributed by atoms with van der Waals surface area (Å²) < 4.78 is 5.02. The smallest absolute Gasteiger partial charge is 0.257 e. The van der Waals surface area contributed by atoms with Gasteiger partial charge in [-0.1, -0.05) is 17.3 Å². The summed E-state index contributed by atoms with van der Waals surface area (Å²) in [6.45, 7) is 6.00. The molecule has 0 bridgehead atoms. The van der Waals surface area contributed by atoms with Gasteiger partial charge in [0.1, 0.15) is 0 Å². The van der Waals surface area contributed by atoms with Crippen LogP contribution in [0.3, 0.4) is 0 Å². The van der Waals surface area contributed by atoms with E-state index in [4.69, 9.17) is 9.63 Å². The predicted octanol–water partition coefficient (Wildman–Crippen LogP) is 1.58. The molecule has 5 heteroatoms. The molecule has 1 aromatic heterocycles. The largest absolute Gasteiger partial charge is 0.392 e. The van der Waals surface area contributed by atoms with Crippen molar-refractivity contribution in [3.05, 3.63) is 43.1 Å². The average molecular weight is 246 g/mol. The minimum Gasteiger partial charge on any atom is -0.392 e. The number of aliphatic hydroxyl groups is 1. The van der Waals surface area contributed by atoms with Crippen molar-refractivity contribution in [3.8, 4) is 11.5 Å². The van der Waals surface area contributed by atoms with Crippen LogP contribution in [0.15, 0.2) is 35.1 Å². The van der Waals surface area contributed by atoms with Crippen LogP contribution in [-0.4, -0.2) is 27.9 Å². The number of nitrogens with zero attached hydrogens (tertiary/aromatic N) is 2. The Kier molecular flexibility index (Phi) is 4.07. The molecule has 0 amide bonds. The summed E-state index contributed by atoms with van der Waals surface area (Å²) in [5, 5.41) is 15.9. The van der Waals surface area contributed by atoms with Gasteiger partial charge in [-0.2, -0.15) is 4.98 Å². The number of aliphatic hydroxyl groups excluding tert-OH is 1. The van der Waals surface area contributed by atoms with Gasteiger partial charge in [0.25, 0.3) is 5.89 Å². The zero-order valence-corrected chi connectivity index (χ0v) is 10.2. The Labute approximate surface area is 106 Å². The topological polar surface area (TPSA) is 71.2 Å². The number of hydrogen-bond acceptors (Lipinski definition) is 5. The molecule has 0 fully saturated rings. The van der Waals surface area contributed by atoms with Gasteiger partial charge in [0.15, 0.2) is 6.33 Å². The van der Waals surface area contributed by atoms with Crippen molar-refractivity contribution in [2.24, 2.45) is 0 Å². The molecule has 18 heavy (non-hydrogen) atoms. The number of nitrogens with one attached hydrogen (secondary N) is 1. The lowest BCUT2D eigenvalue weighted by atomic mass is 10.0. The molecule has 1 aromatic carbocycles. The highest BCUT2D eigenvalue weighted by Crippen LogP contribution is 2.21. The fraction of sp³-hybridized carbons (Fsp3) is 0.308. The molecule has 2 atom stereocenters. The zero-order valence-electron chi connectivity index (χ0n) is 10.2. The van der Waals surface area contributed by atoms with Crippen molar-refractivity contribution in [2.75, 3.05) is 6.54 Å². The minimum atomic E-state index is -0.605. The quantitative estimate of drug-likeness (QED) is 0.838. The molecule has 1 unspecified atom stereocenters. The zero-order chi connectivity index (χ0) is 13.0. The van der Waals surface area contributed by atoms with Crippen LogP contribution in [0, 0.1) is 6.92 Å². The SMILES string of the molecule is [CH2][C@H](O)CNC(C)c1cccc(-c2ncno2)c1. The third kappa shape index (κ3) is 3.15. The Morgan fingerprint density at radius 1 is 1.50 bits per heavy atom. The molecule has 5 nitrogen and oxygen atoms in total. The van der Waals surface area contributed by atoms with Crippen LogP contribution in [0.5, 0.6) is 0 Å². The van der Waals surface area contributed by atoms with Gasteiger partial charge in [0.05, 0.1) is 6.10 Å². The first-order valence-corrected chi connectivity index (χ1v) is 5.78. The molecular formula is C13H16N3O2. The molecule has 0 spiro atoms. The standard InChI is InChI=1S/C13H16N3O2/c1-9(17)7-14-10(2)11-4-3-5-12(6-11)13-15-8-16-18-13/h3-6,8-10,14,17H,1,7H2,2H3/t9-,10?/m0/s1. The van der Waals surface area contributed by atoms with Crippen LogP contribution in [0.2, 0.25) is 0 Å². The Balaban J connectivity index is 2.12. The van der Waals surface area contributed by atoms with Crippen LogP contribution in [-0.2, 0) is 0 Å². The van der Waals surface area contributed by atoms with Crippen LogP contribution in [0.4, 0.5) is 0 Å². The molecule has 1 heterocycles. The van der Waals surface area contributed by atoms with Gasteiger partial charge in [-0.15, -0.1) is 0 Å². The summed E-state index contributed by atoms with van der Waals surface area (Å²) in [6.07, 6.45) is 0.773. The highest BCUT2D eigenvalue weighted by atomic mass is 16.5. The number of aromatic nitrogens is 2. The summed E-state index contributed by atoms with van der Waals surface area (Å²) in [4.78, 5) is 4.01. The van der Waals surface area contributed by atoms with Gasteiger partial charge < -0.3 is 14.9 Å². The molecule has 2 N–H and O–H groups in total. The van der Waals surface area contributed by atoms with Gasteiger partial charge in [0.2, 0.25) is 0 Å². The van der Waals surface area contributed by atoms with E-state index in [1.54, 1.807) is 0 Å². The van der Waals surface area contributed by atoms with Crippen molar-refractivity contribution in [2.45, 2.75) is 19.1 Å². The molecule has 1 radical (unpaired) electrons. The second-order valence-corrected chi connectivity index (χ2v) is 4.16. The van der Waals surface area contributed by atoms with Gasteiger partial charge in [0, 0.05) is 18.2 Å². The van der Waals surface area contributed by atoms with Gasteiger partial charge in [-0.05, 0) is 31.5 Å². The summed E-state index contributed by atoms with van der Waals surface area (Å²) >= 11 is 0. The van der Waals surface area contributed by atoms with E-state index in [1.165, 1.54) is 6.33 Å². The molecule has 95 valence electrons. The molecule has 0 saturated heterocycles. The van der Waals surface area contributed by atoms with E-state index >= 15 is 0 Å². The lowest BCUT2D eigenvalue weighted by Gasteiger charge is -2.15. The molecule has 0 aliphatic carbocycles. The van der Waals surface area contributed by atoms with Crippen molar-refractivity contribution < 1.29 is 9.63 Å². The maximum Gasteiger partial charge on any atom is 0.257 e.